The Hall–Kier alpha value is -2.17. The van der Waals surface area contributed by atoms with E-state index in [1.165, 1.54) is 0 Å². The van der Waals surface area contributed by atoms with Gasteiger partial charge in [0.2, 0.25) is 5.91 Å². The van der Waals surface area contributed by atoms with Gasteiger partial charge in [-0.3, -0.25) is 14.4 Å². The maximum atomic E-state index is 12.5. The molecule has 1 saturated carbocycles. The lowest BCUT2D eigenvalue weighted by Crippen LogP contribution is -2.41. The monoisotopic (exact) mass is 371 g/mol. The highest BCUT2D eigenvalue weighted by molar-refractivity contribution is 5.97. The molecular formula is C22H29NO4. The van der Waals surface area contributed by atoms with Gasteiger partial charge in [0.15, 0.2) is 5.78 Å². The molecule has 1 aliphatic heterocycles. The number of benzene rings is 1. The molecule has 1 amide bonds. The molecular weight excluding hydrogens is 342 g/mol. The number of Topliss-reactive ketones (excluding diaryl/α,β-unsaturated/α-hetero) is 1. The zero-order valence-electron chi connectivity index (χ0n) is 16.8. The predicted octanol–water partition coefficient (Wildman–Crippen LogP) is 3.51. The van der Waals surface area contributed by atoms with E-state index in [1.807, 2.05) is 31.7 Å². The van der Waals surface area contributed by atoms with Crippen LogP contribution in [0.15, 0.2) is 6.07 Å². The lowest BCUT2D eigenvalue weighted by Gasteiger charge is -2.31. The highest BCUT2D eigenvalue weighted by Crippen LogP contribution is 2.32. The minimum Gasteiger partial charge on any atom is -0.461 e. The summed E-state index contributed by atoms with van der Waals surface area (Å²) in [5, 5.41) is 0. The van der Waals surface area contributed by atoms with Crippen molar-refractivity contribution in [2.75, 3.05) is 13.1 Å². The van der Waals surface area contributed by atoms with Crippen LogP contribution in [0.25, 0.3) is 0 Å². The lowest BCUT2D eigenvalue weighted by atomic mass is 9.92. The van der Waals surface area contributed by atoms with Crippen molar-refractivity contribution in [2.45, 2.75) is 60.0 Å². The van der Waals surface area contributed by atoms with Gasteiger partial charge in [-0.1, -0.05) is 6.07 Å². The van der Waals surface area contributed by atoms with E-state index in [1.54, 1.807) is 6.92 Å². The van der Waals surface area contributed by atoms with Gasteiger partial charge in [0.1, 0.15) is 6.61 Å². The number of aryl methyl sites for hydroxylation is 2. The van der Waals surface area contributed by atoms with Crippen LogP contribution in [-0.4, -0.2) is 35.6 Å². The number of amides is 1. The Morgan fingerprint density at radius 3 is 2.19 bits per heavy atom. The average Bonchev–Trinajstić information content (AvgIpc) is 3.45. The van der Waals surface area contributed by atoms with Gasteiger partial charge in [0, 0.05) is 24.6 Å². The number of rotatable bonds is 5. The SMILES string of the molecule is CC(=O)c1c(C)cc(C)c(COC(=O)C2CCN(C(=O)C3CC3)CC2)c1C. The average molecular weight is 371 g/mol. The first-order valence-corrected chi connectivity index (χ1v) is 9.85. The van der Waals surface area contributed by atoms with Gasteiger partial charge in [0.05, 0.1) is 5.92 Å². The highest BCUT2D eigenvalue weighted by atomic mass is 16.5. The largest absolute Gasteiger partial charge is 0.461 e. The van der Waals surface area contributed by atoms with E-state index >= 15 is 0 Å². The molecule has 1 saturated heterocycles. The Balaban J connectivity index is 1.59. The normalized spacial score (nSPS) is 17.7. The fraction of sp³-hybridized carbons (Fsp3) is 0.591. The maximum Gasteiger partial charge on any atom is 0.309 e. The first-order chi connectivity index (χ1) is 12.8. The van der Waals surface area contributed by atoms with Gasteiger partial charge < -0.3 is 9.64 Å². The summed E-state index contributed by atoms with van der Waals surface area (Å²) in [5.74, 6) is 0.176. The third-order valence-electron chi connectivity index (χ3n) is 5.91. The molecule has 0 unspecified atom stereocenters. The van der Waals surface area contributed by atoms with Gasteiger partial charge in [-0.15, -0.1) is 0 Å². The third-order valence-corrected chi connectivity index (χ3v) is 5.91. The fourth-order valence-corrected chi connectivity index (χ4v) is 4.18. The van der Waals surface area contributed by atoms with Crippen LogP contribution in [0.2, 0.25) is 0 Å². The van der Waals surface area contributed by atoms with Crippen molar-refractivity contribution in [1.82, 2.24) is 4.90 Å². The summed E-state index contributed by atoms with van der Waals surface area (Å²) >= 11 is 0. The second-order valence-corrected chi connectivity index (χ2v) is 8.03. The molecule has 0 N–H and O–H groups in total. The molecule has 0 atom stereocenters. The van der Waals surface area contributed by atoms with Gasteiger partial charge in [-0.25, -0.2) is 0 Å². The lowest BCUT2D eigenvalue weighted by molar-refractivity contribution is -0.153. The topological polar surface area (TPSA) is 63.7 Å². The van der Waals surface area contributed by atoms with E-state index in [9.17, 15) is 14.4 Å². The number of esters is 1. The number of piperidine rings is 1. The number of hydrogen-bond acceptors (Lipinski definition) is 4. The van der Waals surface area contributed by atoms with Gasteiger partial charge in [0.25, 0.3) is 0 Å². The molecule has 1 aliphatic carbocycles. The van der Waals surface area contributed by atoms with E-state index in [4.69, 9.17) is 4.74 Å². The number of carbonyl (C=O) groups excluding carboxylic acids is 3. The summed E-state index contributed by atoms with van der Waals surface area (Å²) in [5.41, 5.74) is 4.53. The molecule has 27 heavy (non-hydrogen) atoms. The Kier molecular flexibility index (Phi) is 5.68. The first kappa shape index (κ1) is 19.6. The predicted molar refractivity (Wildman–Crippen MR) is 102 cm³/mol. The second kappa shape index (κ2) is 7.83. The van der Waals surface area contributed by atoms with Gasteiger partial charge >= 0.3 is 5.97 Å². The molecule has 2 aliphatic rings. The maximum absolute atomic E-state index is 12.5. The zero-order valence-corrected chi connectivity index (χ0v) is 16.8. The van der Waals surface area contributed by atoms with Crippen LogP contribution in [0.5, 0.6) is 0 Å². The molecule has 1 aromatic carbocycles. The van der Waals surface area contributed by atoms with Crippen LogP contribution in [0.1, 0.15) is 65.2 Å². The zero-order chi connectivity index (χ0) is 19.7. The van der Waals surface area contributed by atoms with Crippen LogP contribution < -0.4 is 0 Å². The van der Waals surface area contributed by atoms with Crippen LogP contribution in [0.3, 0.4) is 0 Å². The number of ether oxygens (including phenoxy) is 1. The smallest absolute Gasteiger partial charge is 0.309 e. The van der Waals surface area contributed by atoms with Crippen molar-refractivity contribution >= 4 is 17.7 Å². The molecule has 3 rings (SSSR count). The van der Waals surface area contributed by atoms with Crippen LogP contribution in [-0.2, 0) is 20.9 Å². The highest BCUT2D eigenvalue weighted by Gasteiger charge is 2.36. The molecule has 2 fully saturated rings. The van der Waals surface area contributed by atoms with Crippen LogP contribution in [0, 0.1) is 32.6 Å². The number of carbonyl (C=O) groups is 3. The minimum atomic E-state index is -0.197. The van der Waals surface area contributed by atoms with Crippen molar-refractivity contribution in [3.8, 4) is 0 Å². The molecule has 5 nitrogen and oxygen atoms in total. The van der Waals surface area contributed by atoms with Crippen molar-refractivity contribution in [3.63, 3.8) is 0 Å². The number of hydrogen-bond donors (Lipinski definition) is 0. The van der Waals surface area contributed by atoms with Crippen LogP contribution in [0.4, 0.5) is 0 Å². The van der Waals surface area contributed by atoms with Crippen molar-refractivity contribution in [2.24, 2.45) is 11.8 Å². The van der Waals surface area contributed by atoms with E-state index < -0.39 is 0 Å². The number of ketones is 1. The molecule has 1 heterocycles. The van der Waals surface area contributed by atoms with E-state index in [-0.39, 0.29) is 36.1 Å². The quantitative estimate of drug-likeness (QED) is 0.587. The van der Waals surface area contributed by atoms with Gasteiger partial charge in [-0.2, -0.15) is 0 Å². The molecule has 146 valence electrons. The number of likely N-dealkylation sites (tertiary alicyclic amines) is 1. The van der Waals surface area contributed by atoms with Crippen molar-refractivity contribution in [1.29, 1.82) is 0 Å². The molecule has 1 aromatic rings. The minimum absolute atomic E-state index is 0.0327. The molecule has 0 bridgehead atoms. The summed E-state index contributed by atoms with van der Waals surface area (Å²) in [7, 11) is 0. The molecule has 5 heteroatoms. The summed E-state index contributed by atoms with van der Waals surface area (Å²) < 4.78 is 5.61. The Morgan fingerprint density at radius 1 is 1.00 bits per heavy atom. The van der Waals surface area contributed by atoms with E-state index in [0.717, 1.165) is 40.7 Å². The van der Waals surface area contributed by atoms with E-state index in [2.05, 4.69) is 0 Å². The summed E-state index contributed by atoms with van der Waals surface area (Å²) in [4.78, 5) is 38.5. The summed E-state index contributed by atoms with van der Waals surface area (Å²) in [6.07, 6.45) is 3.36. The number of nitrogens with zero attached hydrogens (tertiary/aromatic N) is 1. The first-order valence-electron chi connectivity index (χ1n) is 9.85. The molecule has 0 spiro atoms. The van der Waals surface area contributed by atoms with E-state index in [0.29, 0.717) is 25.9 Å². The standard InChI is InChI=1S/C22H29NO4/c1-13-11-14(2)20(16(4)24)15(3)19(13)12-27-22(26)18-7-9-23(10-8-18)21(25)17-5-6-17/h11,17-18H,5-10,12H2,1-4H3. The molecule has 0 aromatic heterocycles. The fourth-order valence-electron chi connectivity index (χ4n) is 4.18. The molecule has 0 radical (unpaired) electrons. The van der Waals surface area contributed by atoms with Crippen molar-refractivity contribution in [3.05, 3.63) is 33.9 Å². The third kappa shape index (κ3) is 4.23. The summed E-state index contributed by atoms with van der Waals surface area (Å²) in [6.45, 7) is 8.88. The van der Waals surface area contributed by atoms with Crippen molar-refractivity contribution < 1.29 is 19.1 Å². The summed E-state index contributed by atoms with van der Waals surface area (Å²) in [6, 6.07) is 1.98. The Morgan fingerprint density at radius 2 is 1.63 bits per heavy atom. The Bertz CT molecular complexity index is 771. The van der Waals surface area contributed by atoms with Gasteiger partial charge in [-0.05, 0) is 75.6 Å². The van der Waals surface area contributed by atoms with Crippen LogP contribution >= 0.6 is 0 Å². The Labute approximate surface area is 161 Å². The second-order valence-electron chi connectivity index (χ2n) is 8.03.